The third kappa shape index (κ3) is 3.63. The smallest absolute Gasteiger partial charge is 0.161 e. The summed E-state index contributed by atoms with van der Waals surface area (Å²) in [6.07, 6.45) is -0.0673. The maximum Gasteiger partial charge on any atom is 0.161 e. The molecule has 0 aliphatic heterocycles. The summed E-state index contributed by atoms with van der Waals surface area (Å²) in [7, 11) is 3.19. The molecular formula is C13H19NO4. The predicted octanol–water partition coefficient (Wildman–Crippen LogP) is 2.31. The normalized spacial score (nSPS) is 13.2. The molecule has 0 fully saturated rings. The maximum absolute atomic E-state index is 8.74. The number of methoxy groups -OCH3 is 2. The molecule has 1 aromatic carbocycles. The molecule has 0 heterocycles. The van der Waals surface area contributed by atoms with Gasteiger partial charge in [-0.3, -0.25) is 0 Å². The van der Waals surface area contributed by atoms with Gasteiger partial charge in [0.25, 0.3) is 0 Å². The van der Waals surface area contributed by atoms with E-state index in [-0.39, 0.29) is 6.10 Å². The minimum atomic E-state index is -0.0673. The van der Waals surface area contributed by atoms with E-state index in [4.69, 9.17) is 19.4 Å². The predicted molar refractivity (Wildman–Crippen MR) is 69.0 cm³/mol. The van der Waals surface area contributed by atoms with E-state index < -0.39 is 0 Å². The van der Waals surface area contributed by atoms with Crippen LogP contribution < -0.4 is 9.47 Å². The van der Waals surface area contributed by atoms with Gasteiger partial charge in [0.2, 0.25) is 0 Å². The highest BCUT2D eigenvalue weighted by Crippen LogP contribution is 2.29. The summed E-state index contributed by atoms with van der Waals surface area (Å²) in [5, 5.41) is 11.9. The van der Waals surface area contributed by atoms with Gasteiger partial charge in [0.05, 0.1) is 19.4 Å². The molecule has 0 bridgehead atoms. The molecule has 1 N–H and O–H groups in total. The molecule has 1 unspecified atom stereocenters. The maximum atomic E-state index is 8.74. The number of oxime groups is 1. The highest BCUT2D eigenvalue weighted by molar-refractivity contribution is 5.98. The number of nitrogens with zero attached hydrogens (tertiary/aromatic N) is 1. The fourth-order valence-corrected chi connectivity index (χ4v) is 1.53. The van der Waals surface area contributed by atoms with Crippen LogP contribution in [0.5, 0.6) is 11.5 Å². The van der Waals surface area contributed by atoms with Crippen LogP contribution in [-0.4, -0.2) is 37.8 Å². The SMILES string of the molecule is COCC(C)Oc1ccc(C(C)=NO)cc1OC. The van der Waals surface area contributed by atoms with E-state index in [2.05, 4.69) is 5.16 Å². The summed E-state index contributed by atoms with van der Waals surface area (Å²) < 4.78 is 16.0. The van der Waals surface area contributed by atoms with Crippen LogP contribution in [0, 0.1) is 0 Å². The molecule has 100 valence electrons. The Balaban J connectivity index is 2.93. The van der Waals surface area contributed by atoms with Gasteiger partial charge in [0.15, 0.2) is 11.5 Å². The van der Waals surface area contributed by atoms with Crippen molar-refractivity contribution in [3.05, 3.63) is 23.8 Å². The van der Waals surface area contributed by atoms with Crippen molar-refractivity contribution in [1.82, 2.24) is 0 Å². The molecule has 1 atom stereocenters. The molecule has 0 aromatic heterocycles. The quantitative estimate of drug-likeness (QED) is 0.480. The standard InChI is InChI=1S/C13H19NO4/c1-9(8-16-3)18-12-6-5-11(10(2)14-15)7-13(12)17-4/h5-7,9,15H,8H2,1-4H3. The number of rotatable bonds is 6. The topological polar surface area (TPSA) is 60.3 Å². The van der Waals surface area contributed by atoms with Crippen LogP contribution in [0.4, 0.5) is 0 Å². The van der Waals surface area contributed by atoms with Gasteiger partial charge < -0.3 is 19.4 Å². The molecule has 1 rings (SSSR count). The zero-order chi connectivity index (χ0) is 13.5. The van der Waals surface area contributed by atoms with Crippen molar-refractivity contribution in [3.63, 3.8) is 0 Å². The van der Waals surface area contributed by atoms with Crippen LogP contribution in [0.2, 0.25) is 0 Å². The lowest BCUT2D eigenvalue weighted by Crippen LogP contribution is -2.18. The fourth-order valence-electron chi connectivity index (χ4n) is 1.53. The minimum Gasteiger partial charge on any atom is -0.493 e. The van der Waals surface area contributed by atoms with Gasteiger partial charge in [-0.1, -0.05) is 5.16 Å². The van der Waals surface area contributed by atoms with Crippen molar-refractivity contribution in [2.24, 2.45) is 5.16 Å². The molecule has 5 heteroatoms. The van der Waals surface area contributed by atoms with Crippen LogP contribution in [-0.2, 0) is 4.74 Å². The fraction of sp³-hybridized carbons (Fsp3) is 0.462. The molecule has 0 amide bonds. The van der Waals surface area contributed by atoms with Crippen LogP contribution >= 0.6 is 0 Å². The van der Waals surface area contributed by atoms with E-state index in [9.17, 15) is 0 Å². The molecule has 0 aliphatic carbocycles. The molecule has 0 radical (unpaired) electrons. The van der Waals surface area contributed by atoms with Crippen molar-refractivity contribution in [2.45, 2.75) is 20.0 Å². The highest BCUT2D eigenvalue weighted by Gasteiger charge is 2.11. The first-order valence-corrected chi connectivity index (χ1v) is 5.65. The van der Waals surface area contributed by atoms with Gasteiger partial charge >= 0.3 is 0 Å². The molecular weight excluding hydrogens is 234 g/mol. The van der Waals surface area contributed by atoms with E-state index in [1.54, 1.807) is 33.3 Å². The first-order valence-electron chi connectivity index (χ1n) is 5.65. The third-order valence-corrected chi connectivity index (χ3v) is 2.46. The summed E-state index contributed by atoms with van der Waals surface area (Å²) in [6, 6.07) is 5.37. The first-order chi connectivity index (χ1) is 8.62. The van der Waals surface area contributed by atoms with Crippen molar-refractivity contribution in [2.75, 3.05) is 20.8 Å². The zero-order valence-electron chi connectivity index (χ0n) is 11.1. The summed E-state index contributed by atoms with van der Waals surface area (Å²) in [5.41, 5.74) is 1.30. The Hall–Kier alpha value is -1.75. The largest absolute Gasteiger partial charge is 0.493 e. The Bertz CT molecular complexity index is 417. The lowest BCUT2D eigenvalue weighted by atomic mass is 10.1. The molecule has 18 heavy (non-hydrogen) atoms. The molecule has 0 saturated heterocycles. The molecule has 0 saturated carbocycles. The van der Waals surface area contributed by atoms with Crippen molar-refractivity contribution >= 4 is 5.71 Å². The Morgan fingerprint density at radius 1 is 1.33 bits per heavy atom. The molecule has 5 nitrogen and oxygen atoms in total. The van der Waals surface area contributed by atoms with Crippen molar-refractivity contribution in [3.8, 4) is 11.5 Å². The molecule has 0 spiro atoms. The van der Waals surface area contributed by atoms with Crippen molar-refractivity contribution in [1.29, 1.82) is 0 Å². The van der Waals surface area contributed by atoms with Gasteiger partial charge in [0, 0.05) is 12.7 Å². The minimum absolute atomic E-state index is 0.0673. The zero-order valence-corrected chi connectivity index (χ0v) is 11.1. The van der Waals surface area contributed by atoms with Crippen LogP contribution in [0.25, 0.3) is 0 Å². The highest BCUT2D eigenvalue weighted by atomic mass is 16.5. The van der Waals surface area contributed by atoms with E-state index in [0.29, 0.717) is 23.8 Å². The average Bonchev–Trinajstić information content (AvgIpc) is 2.38. The van der Waals surface area contributed by atoms with E-state index >= 15 is 0 Å². The number of hydrogen-bond donors (Lipinski definition) is 1. The number of benzene rings is 1. The van der Waals surface area contributed by atoms with Gasteiger partial charge in [0.1, 0.15) is 6.10 Å². The monoisotopic (exact) mass is 253 g/mol. The summed E-state index contributed by atoms with van der Waals surface area (Å²) in [4.78, 5) is 0. The number of ether oxygens (including phenoxy) is 3. The van der Waals surface area contributed by atoms with E-state index in [1.807, 2.05) is 13.0 Å². The molecule has 1 aromatic rings. The summed E-state index contributed by atoms with van der Waals surface area (Å²) >= 11 is 0. The second-order valence-electron chi connectivity index (χ2n) is 3.93. The second kappa shape index (κ2) is 6.86. The average molecular weight is 253 g/mol. The van der Waals surface area contributed by atoms with Gasteiger partial charge in [-0.25, -0.2) is 0 Å². The Morgan fingerprint density at radius 3 is 2.61 bits per heavy atom. The lowest BCUT2D eigenvalue weighted by Gasteiger charge is -2.16. The first kappa shape index (κ1) is 14.3. The Kier molecular flexibility index (Phi) is 5.45. The van der Waals surface area contributed by atoms with Crippen LogP contribution in [0.15, 0.2) is 23.4 Å². The Morgan fingerprint density at radius 2 is 2.06 bits per heavy atom. The van der Waals surface area contributed by atoms with Gasteiger partial charge in [-0.2, -0.15) is 0 Å². The summed E-state index contributed by atoms with van der Waals surface area (Å²) in [6.45, 7) is 4.13. The van der Waals surface area contributed by atoms with Gasteiger partial charge in [-0.15, -0.1) is 0 Å². The Labute approximate surface area is 107 Å². The second-order valence-corrected chi connectivity index (χ2v) is 3.93. The number of hydrogen-bond acceptors (Lipinski definition) is 5. The van der Waals surface area contributed by atoms with Gasteiger partial charge in [-0.05, 0) is 32.0 Å². The van der Waals surface area contributed by atoms with Crippen LogP contribution in [0.3, 0.4) is 0 Å². The van der Waals surface area contributed by atoms with Crippen molar-refractivity contribution < 1.29 is 19.4 Å². The molecule has 0 aliphatic rings. The van der Waals surface area contributed by atoms with Crippen LogP contribution in [0.1, 0.15) is 19.4 Å². The van der Waals surface area contributed by atoms with E-state index in [0.717, 1.165) is 5.56 Å². The lowest BCUT2D eigenvalue weighted by molar-refractivity contribution is 0.0900. The van der Waals surface area contributed by atoms with E-state index in [1.165, 1.54) is 0 Å². The summed E-state index contributed by atoms with van der Waals surface area (Å²) in [5.74, 6) is 1.23. The third-order valence-electron chi connectivity index (χ3n) is 2.46.